The molecular weight excluding hydrogens is 331 g/mol. The van der Waals surface area contributed by atoms with Gasteiger partial charge in [-0.25, -0.2) is 4.39 Å². The maximum atomic E-state index is 13.0. The fraction of sp³-hybridized carbons (Fsp3) is 0.308. The Balaban J connectivity index is 2.23. The van der Waals surface area contributed by atoms with Gasteiger partial charge in [0, 0.05) is 10.9 Å². The molecule has 0 radical (unpaired) electrons. The number of Topliss-reactive ketones (excluding diaryl/α,β-unsaturated/α-hetero) is 1. The molecule has 1 heterocycles. The van der Waals surface area contributed by atoms with Crippen LogP contribution in [0.25, 0.3) is 0 Å². The second kappa shape index (κ2) is 5.88. The van der Waals surface area contributed by atoms with Crippen LogP contribution in [0.2, 0.25) is 0 Å². The zero-order chi connectivity index (χ0) is 14.0. The molecule has 100 valence electrons. The topological polar surface area (TPSA) is 42.9 Å². The summed E-state index contributed by atoms with van der Waals surface area (Å²) >= 11 is 4.38. The van der Waals surface area contributed by atoms with Crippen LogP contribution in [-0.4, -0.2) is 15.4 Å². The summed E-state index contributed by atoms with van der Waals surface area (Å²) in [5.41, 5.74) is 1.49. The smallest absolute Gasteiger partial charge is 0.180 e. The van der Waals surface area contributed by atoms with Crippen molar-refractivity contribution in [1.82, 2.24) is 9.59 Å². The molecule has 0 spiro atoms. The van der Waals surface area contributed by atoms with Gasteiger partial charge < -0.3 is 0 Å². The molecule has 0 atom stereocenters. The molecule has 0 saturated heterocycles. The summed E-state index contributed by atoms with van der Waals surface area (Å²) in [5.74, 6) is -0.203. The molecule has 0 amide bonds. The minimum Gasteiger partial charge on any atom is -0.293 e. The molecular formula is C13H12BrFN2OS. The minimum atomic E-state index is -0.328. The van der Waals surface area contributed by atoms with E-state index in [1.165, 1.54) is 12.1 Å². The van der Waals surface area contributed by atoms with Crippen molar-refractivity contribution in [3.63, 3.8) is 0 Å². The van der Waals surface area contributed by atoms with Crippen LogP contribution in [-0.2, 0) is 6.42 Å². The largest absolute Gasteiger partial charge is 0.293 e. The van der Waals surface area contributed by atoms with Crippen LogP contribution in [0.1, 0.15) is 40.7 Å². The number of hydrogen-bond donors (Lipinski definition) is 0. The molecule has 0 bridgehead atoms. The highest BCUT2D eigenvalue weighted by molar-refractivity contribution is 9.10. The minimum absolute atomic E-state index is 0.0361. The molecule has 2 aromatic rings. The average Bonchev–Trinajstić information content (AvgIpc) is 2.82. The summed E-state index contributed by atoms with van der Waals surface area (Å²) in [6.07, 6.45) is 0.213. The van der Waals surface area contributed by atoms with E-state index in [4.69, 9.17) is 0 Å². The number of carbonyl (C=O) groups excluding carboxylic acids is 1. The van der Waals surface area contributed by atoms with Gasteiger partial charge in [0.15, 0.2) is 5.78 Å². The van der Waals surface area contributed by atoms with Gasteiger partial charge in [-0.05, 0) is 35.1 Å². The third-order valence-corrected chi connectivity index (χ3v) is 4.20. The Hall–Kier alpha value is -1.14. The Morgan fingerprint density at radius 3 is 2.84 bits per heavy atom. The maximum absolute atomic E-state index is 13.0. The van der Waals surface area contributed by atoms with Gasteiger partial charge in [0.25, 0.3) is 0 Å². The van der Waals surface area contributed by atoms with Gasteiger partial charge in [0.05, 0.1) is 5.69 Å². The first-order valence-corrected chi connectivity index (χ1v) is 7.35. The molecule has 2 rings (SSSR count). The van der Waals surface area contributed by atoms with Crippen molar-refractivity contribution >= 4 is 33.2 Å². The van der Waals surface area contributed by atoms with Gasteiger partial charge in [0.2, 0.25) is 0 Å². The molecule has 0 unspecified atom stereocenters. The molecule has 0 aliphatic carbocycles. The Morgan fingerprint density at radius 2 is 2.21 bits per heavy atom. The monoisotopic (exact) mass is 342 g/mol. The van der Waals surface area contributed by atoms with Gasteiger partial charge in [-0.2, -0.15) is 0 Å². The van der Waals surface area contributed by atoms with E-state index in [1.807, 2.05) is 13.8 Å². The number of benzene rings is 1. The molecule has 0 fully saturated rings. The van der Waals surface area contributed by atoms with Crippen LogP contribution < -0.4 is 0 Å². The Kier molecular flexibility index (Phi) is 4.42. The summed E-state index contributed by atoms with van der Waals surface area (Å²) < 4.78 is 17.4. The highest BCUT2D eigenvalue weighted by Crippen LogP contribution is 2.24. The van der Waals surface area contributed by atoms with E-state index in [2.05, 4.69) is 25.5 Å². The lowest BCUT2D eigenvalue weighted by Gasteiger charge is -2.05. The van der Waals surface area contributed by atoms with Crippen LogP contribution in [0.15, 0.2) is 22.7 Å². The van der Waals surface area contributed by atoms with Crippen LogP contribution in [0, 0.1) is 5.82 Å². The van der Waals surface area contributed by atoms with Crippen LogP contribution in [0.4, 0.5) is 4.39 Å². The molecule has 6 heteroatoms. The van der Waals surface area contributed by atoms with Crippen molar-refractivity contribution in [3.05, 3.63) is 44.6 Å². The van der Waals surface area contributed by atoms with Gasteiger partial charge in [-0.3, -0.25) is 4.79 Å². The third kappa shape index (κ3) is 3.25. The number of aromatic nitrogens is 2. The van der Waals surface area contributed by atoms with Crippen molar-refractivity contribution in [3.8, 4) is 0 Å². The van der Waals surface area contributed by atoms with Gasteiger partial charge in [-0.1, -0.05) is 40.3 Å². The third-order valence-electron chi connectivity index (χ3n) is 2.68. The molecule has 0 saturated carbocycles. The SMILES string of the molecule is CC(C)c1nnsc1C(=O)Cc1ccc(F)cc1Br. The molecule has 0 aliphatic heterocycles. The van der Waals surface area contributed by atoms with E-state index in [9.17, 15) is 9.18 Å². The molecule has 3 nitrogen and oxygen atoms in total. The fourth-order valence-corrected chi connectivity index (χ4v) is 2.93. The Bertz CT molecular complexity index is 612. The van der Waals surface area contributed by atoms with Crippen LogP contribution in [0.5, 0.6) is 0 Å². The Morgan fingerprint density at radius 1 is 1.47 bits per heavy atom. The van der Waals surface area contributed by atoms with E-state index >= 15 is 0 Å². The summed E-state index contributed by atoms with van der Waals surface area (Å²) in [6, 6.07) is 4.32. The number of rotatable bonds is 4. The number of halogens is 2. The number of ketones is 1. The summed E-state index contributed by atoms with van der Waals surface area (Å²) in [4.78, 5) is 12.8. The number of carbonyl (C=O) groups is 1. The van der Waals surface area contributed by atoms with Crippen LogP contribution in [0.3, 0.4) is 0 Å². The average molecular weight is 343 g/mol. The Labute approximate surface area is 123 Å². The lowest BCUT2D eigenvalue weighted by molar-refractivity contribution is 0.0995. The van der Waals surface area contributed by atoms with E-state index in [0.717, 1.165) is 22.8 Å². The summed E-state index contributed by atoms with van der Waals surface area (Å²) in [5, 5.41) is 3.99. The first kappa shape index (κ1) is 14.3. The molecule has 1 aromatic carbocycles. The number of hydrogen-bond acceptors (Lipinski definition) is 4. The van der Waals surface area contributed by atoms with Crippen molar-refractivity contribution in [2.24, 2.45) is 0 Å². The van der Waals surface area contributed by atoms with Crippen molar-refractivity contribution < 1.29 is 9.18 Å². The summed E-state index contributed by atoms with van der Waals surface area (Å²) in [7, 11) is 0. The van der Waals surface area contributed by atoms with E-state index < -0.39 is 0 Å². The van der Waals surface area contributed by atoms with E-state index in [-0.39, 0.29) is 23.9 Å². The maximum Gasteiger partial charge on any atom is 0.180 e. The zero-order valence-corrected chi connectivity index (χ0v) is 12.9. The molecule has 19 heavy (non-hydrogen) atoms. The van der Waals surface area contributed by atoms with Gasteiger partial charge in [-0.15, -0.1) is 5.10 Å². The van der Waals surface area contributed by atoms with E-state index in [1.54, 1.807) is 6.07 Å². The zero-order valence-electron chi connectivity index (χ0n) is 10.5. The van der Waals surface area contributed by atoms with E-state index in [0.29, 0.717) is 9.35 Å². The second-order valence-corrected chi connectivity index (χ2v) is 6.09. The van der Waals surface area contributed by atoms with Crippen LogP contribution >= 0.6 is 27.5 Å². The standard InChI is InChI=1S/C13H12BrFN2OS/c1-7(2)12-13(19-17-16-12)11(18)5-8-3-4-9(15)6-10(8)14/h3-4,6-7H,5H2,1-2H3. The highest BCUT2D eigenvalue weighted by Gasteiger charge is 2.19. The normalized spacial score (nSPS) is 11.0. The van der Waals surface area contributed by atoms with Crippen molar-refractivity contribution in [2.45, 2.75) is 26.2 Å². The first-order chi connectivity index (χ1) is 8.99. The molecule has 0 N–H and O–H groups in total. The lowest BCUT2D eigenvalue weighted by atomic mass is 10.0. The first-order valence-electron chi connectivity index (χ1n) is 5.78. The molecule has 0 aliphatic rings. The van der Waals surface area contributed by atoms with Crippen molar-refractivity contribution in [1.29, 1.82) is 0 Å². The predicted molar refractivity (Wildman–Crippen MR) is 76.1 cm³/mol. The fourth-order valence-electron chi connectivity index (χ4n) is 1.69. The number of nitrogens with zero attached hydrogens (tertiary/aromatic N) is 2. The quantitative estimate of drug-likeness (QED) is 0.789. The molecule has 1 aromatic heterocycles. The second-order valence-electron chi connectivity index (χ2n) is 4.48. The lowest BCUT2D eigenvalue weighted by Crippen LogP contribution is -2.06. The summed E-state index contributed by atoms with van der Waals surface area (Å²) in [6.45, 7) is 3.95. The predicted octanol–water partition coefficient (Wildman–Crippen LogP) is 3.99. The van der Waals surface area contributed by atoms with Gasteiger partial charge >= 0.3 is 0 Å². The highest BCUT2D eigenvalue weighted by atomic mass is 79.9. The van der Waals surface area contributed by atoms with Gasteiger partial charge in [0.1, 0.15) is 10.7 Å². The van der Waals surface area contributed by atoms with Crippen molar-refractivity contribution in [2.75, 3.05) is 0 Å².